The smallest absolute Gasteiger partial charge is 0.176 e. The van der Waals surface area contributed by atoms with Gasteiger partial charge in [0.1, 0.15) is 11.5 Å². The summed E-state index contributed by atoms with van der Waals surface area (Å²) in [6.07, 6.45) is 2.83. The van der Waals surface area contributed by atoms with E-state index in [1.54, 1.807) is 32.5 Å². The number of hydrogen-bond acceptors (Lipinski definition) is 7. The number of hydrogen-bond donors (Lipinski definition) is 1. The summed E-state index contributed by atoms with van der Waals surface area (Å²) < 4.78 is 35.3. The molecular weight excluding hydrogens is 462 g/mol. The van der Waals surface area contributed by atoms with Crippen LogP contribution in [0.5, 0.6) is 11.5 Å². The van der Waals surface area contributed by atoms with Crippen molar-refractivity contribution in [2.75, 3.05) is 25.8 Å². The molecule has 0 atom stereocenters. The molecule has 7 nitrogen and oxygen atoms in total. The van der Waals surface area contributed by atoms with Gasteiger partial charge >= 0.3 is 0 Å². The third-order valence-electron chi connectivity index (χ3n) is 5.26. The van der Waals surface area contributed by atoms with Crippen molar-refractivity contribution in [3.8, 4) is 22.6 Å². The Kier molecular flexibility index (Phi) is 6.40. The maximum absolute atomic E-state index is 12.3. The van der Waals surface area contributed by atoms with Crippen LogP contribution in [0.4, 0.5) is 5.69 Å². The highest BCUT2D eigenvalue weighted by molar-refractivity contribution is 7.90. The quantitative estimate of drug-likeness (QED) is 0.396. The molecule has 0 radical (unpaired) electrons. The highest BCUT2D eigenvalue weighted by Gasteiger charge is 2.16. The summed E-state index contributed by atoms with van der Waals surface area (Å²) in [4.78, 5) is 0.208. The lowest BCUT2D eigenvalue weighted by molar-refractivity contribution is 0.391. The summed E-state index contributed by atoms with van der Waals surface area (Å²) >= 11 is 6.15. The van der Waals surface area contributed by atoms with Gasteiger partial charge in [0.15, 0.2) is 9.84 Å². The van der Waals surface area contributed by atoms with E-state index in [1.165, 1.54) is 12.3 Å². The molecule has 0 aliphatic carbocycles. The van der Waals surface area contributed by atoms with Crippen LogP contribution in [-0.2, 0) is 16.4 Å². The number of nitrogens with one attached hydrogen (secondary N) is 1. The molecule has 0 aliphatic heterocycles. The average molecular weight is 484 g/mol. The van der Waals surface area contributed by atoms with E-state index < -0.39 is 9.84 Å². The maximum atomic E-state index is 12.3. The normalized spacial score (nSPS) is 11.4. The van der Waals surface area contributed by atoms with Crippen molar-refractivity contribution in [3.63, 3.8) is 0 Å². The first-order valence-electron chi connectivity index (χ1n) is 10.0. The molecule has 33 heavy (non-hydrogen) atoms. The number of anilines is 1. The summed E-state index contributed by atoms with van der Waals surface area (Å²) in [5, 5.41) is 13.0. The predicted molar refractivity (Wildman–Crippen MR) is 130 cm³/mol. The maximum Gasteiger partial charge on any atom is 0.176 e. The topological polar surface area (TPSA) is 90.4 Å². The zero-order valence-electron chi connectivity index (χ0n) is 18.3. The largest absolute Gasteiger partial charge is 0.497 e. The van der Waals surface area contributed by atoms with Crippen molar-refractivity contribution in [1.29, 1.82) is 0 Å². The monoisotopic (exact) mass is 483 g/mol. The van der Waals surface area contributed by atoms with Crippen molar-refractivity contribution < 1.29 is 17.9 Å². The van der Waals surface area contributed by atoms with Crippen molar-refractivity contribution in [1.82, 2.24) is 10.2 Å². The summed E-state index contributed by atoms with van der Waals surface area (Å²) in [5.74, 6) is 1.43. The van der Waals surface area contributed by atoms with Gasteiger partial charge in [0, 0.05) is 40.4 Å². The second-order valence-corrected chi connectivity index (χ2v) is 9.85. The molecule has 1 aromatic heterocycles. The molecule has 0 saturated carbocycles. The van der Waals surface area contributed by atoms with E-state index in [9.17, 15) is 8.42 Å². The zero-order chi connectivity index (χ0) is 23.6. The number of fused-ring (bicyclic) bond motifs is 1. The Labute approximate surface area is 197 Å². The molecule has 0 saturated heterocycles. The first-order valence-corrected chi connectivity index (χ1v) is 12.3. The summed E-state index contributed by atoms with van der Waals surface area (Å²) in [5.41, 5.74) is 3.58. The van der Waals surface area contributed by atoms with Gasteiger partial charge < -0.3 is 14.8 Å². The van der Waals surface area contributed by atoms with E-state index in [1.807, 2.05) is 36.4 Å². The van der Waals surface area contributed by atoms with Crippen molar-refractivity contribution in [3.05, 3.63) is 71.4 Å². The van der Waals surface area contributed by atoms with E-state index in [0.29, 0.717) is 39.7 Å². The lowest BCUT2D eigenvalue weighted by Gasteiger charge is -2.14. The Morgan fingerprint density at radius 1 is 1.00 bits per heavy atom. The molecule has 1 heterocycles. The van der Waals surface area contributed by atoms with Crippen LogP contribution in [0.3, 0.4) is 0 Å². The fraction of sp³-hybridized carbons (Fsp3) is 0.167. The molecule has 0 bridgehead atoms. The molecule has 0 aliphatic rings. The Balaban J connectivity index is 1.69. The van der Waals surface area contributed by atoms with E-state index in [-0.39, 0.29) is 4.90 Å². The number of methoxy groups -OCH3 is 2. The molecular formula is C24H22ClN3O4S. The van der Waals surface area contributed by atoms with Gasteiger partial charge in [0.25, 0.3) is 0 Å². The van der Waals surface area contributed by atoms with E-state index in [4.69, 9.17) is 21.1 Å². The first-order chi connectivity index (χ1) is 15.8. The van der Waals surface area contributed by atoms with Crippen LogP contribution in [0, 0.1) is 0 Å². The van der Waals surface area contributed by atoms with Crippen LogP contribution in [0.1, 0.15) is 5.56 Å². The van der Waals surface area contributed by atoms with Crippen molar-refractivity contribution in [2.24, 2.45) is 0 Å². The Morgan fingerprint density at radius 2 is 1.82 bits per heavy atom. The number of nitrogens with zero attached hydrogens (tertiary/aromatic N) is 2. The molecule has 0 fully saturated rings. The number of aromatic nitrogens is 2. The van der Waals surface area contributed by atoms with Gasteiger partial charge in [-0.2, -0.15) is 10.2 Å². The van der Waals surface area contributed by atoms with Crippen LogP contribution in [0.15, 0.2) is 65.7 Å². The molecule has 0 spiro atoms. The number of benzene rings is 3. The molecule has 170 valence electrons. The Bertz CT molecular complexity index is 1440. The SMILES string of the molecule is COc1ccc(CNc2cnnc3cc(-c4cc(Cl)ccc4S(C)(=O)=O)ccc23)c(OC)c1. The summed E-state index contributed by atoms with van der Waals surface area (Å²) in [6, 6.07) is 15.9. The van der Waals surface area contributed by atoms with Crippen LogP contribution in [-0.4, -0.2) is 39.1 Å². The minimum Gasteiger partial charge on any atom is -0.497 e. The van der Waals surface area contributed by atoms with Crippen LogP contribution < -0.4 is 14.8 Å². The first kappa shape index (κ1) is 22.8. The standard InChI is InChI=1S/C24H22ClN3O4S/c1-31-18-7-4-16(23(12-18)32-2)13-26-22-14-27-28-21-10-15(5-8-19(21)22)20-11-17(25)6-9-24(20)33(3,29)30/h4-12,14H,13H2,1-3H3,(H,26,28). The molecule has 0 unspecified atom stereocenters. The van der Waals surface area contributed by atoms with Gasteiger partial charge in [0.2, 0.25) is 0 Å². The van der Waals surface area contributed by atoms with E-state index >= 15 is 0 Å². The number of rotatable bonds is 7. The highest BCUT2D eigenvalue weighted by atomic mass is 35.5. The fourth-order valence-corrected chi connectivity index (χ4v) is 4.67. The predicted octanol–water partition coefficient (Wildman–Crippen LogP) is 4.98. The van der Waals surface area contributed by atoms with Gasteiger partial charge in [0.05, 0.1) is 36.5 Å². The van der Waals surface area contributed by atoms with Crippen molar-refractivity contribution in [2.45, 2.75) is 11.4 Å². The lowest BCUT2D eigenvalue weighted by atomic mass is 10.0. The summed E-state index contributed by atoms with van der Waals surface area (Å²) in [6.45, 7) is 0.502. The Morgan fingerprint density at radius 3 is 2.55 bits per heavy atom. The minimum absolute atomic E-state index is 0.208. The average Bonchev–Trinajstić information content (AvgIpc) is 2.81. The van der Waals surface area contributed by atoms with Crippen LogP contribution in [0.25, 0.3) is 22.0 Å². The second-order valence-electron chi connectivity index (χ2n) is 7.43. The van der Waals surface area contributed by atoms with Crippen molar-refractivity contribution >= 4 is 38.0 Å². The molecule has 4 rings (SSSR count). The zero-order valence-corrected chi connectivity index (χ0v) is 19.9. The third kappa shape index (κ3) is 4.86. The Hall–Kier alpha value is -3.36. The molecule has 0 amide bonds. The molecule has 9 heteroatoms. The number of ether oxygens (including phenoxy) is 2. The van der Waals surface area contributed by atoms with Gasteiger partial charge in [-0.1, -0.05) is 17.7 Å². The summed E-state index contributed by atoms with van der Waals surface area (Å²) in [7, 11) is -0.215. The molecule has 4 aromatic rings. The van der Waals surface area contributed by atoms with Crippen LogP contribution in [0.2, 0.25) is 5.02 Å². The lowest BCUT2D eigenvalue weighted by Crippen LogP contribution is -2.04. The van der Waals surface area contributed by atoms with Gasteiger partial charge in [-0.3, -0.25) is 0 Å². The second kappa shape index (κ2) is 9.25. The van der Waals surface area contributed by atoms with Crippen LogP contribution >= 0.6 is 11.6 Å². The fourth-order valence-electron chi connectivity index (χ4n) is 3.61. The molecule has 3 aromatic carbocycles. The van der Waals surface area contributed by atoms with Gasteiger partial charge in [-0.15, -0.1) is 0 Å². The van der Waals surface area contributed by atoms with E-state index in [2.05, 4.69) is 15.5 Å². The van der Waals surface area contributed by atoms with Gasteiger partial charge in [-0.25, -0.2) is 8.42 Å². The molecule has 1 N–H and O–H groups in total. The highest BCUT2D eigenvalue weighted by Crippen LogP contribution is 2.33. The number of halogens is 1. The number of sulfone groups is 1. The van der Waals surface area contributed by atoms with E-state index in [0.717, 1.165) is 16.6 Å². The minimum atomic E-state index is -3.44. The van der Waals surface area contributed by atoms with Gasteiger partial charge in [-0.05, 0) is 48.0 Å². The third-order valence-corrected chi connectivity index (χ3v) is 6.65.